The van der Waals surface area contributed by atoms with Crippen molar-refractivity contribution in [3.05, 3.63) is 44.6 Å². The van der Waals surface area contributed by atoms with Crippen molar-refractivity contribution < 1.29 is 9.47 Å². The molecule has 0 aliphatic rings. The van der Waals surface area contributed by atoms with E-state index in [0.29, 0.717) is 17.1 Å². The maximum absolute atomic E-state index is 11.9. The Morgan fingerprint density at radius 1 is 1.38 bits per heavy atom. The molecular weight excluding hydrogens is 292 g/mol. The summed E-state index contributed by atoms with van der Waals surface area (Å²) >= 11 is 5.00. The number of ether oxygens (including phenoxy) is 2. The summed E-state index contributed by atoms with van der Waals surface area (Å²) in [6.07, 6.45) is 1.48. The maximum Gasteiger partial charge on any atom is 0.296 e. The van der Waals surface area contributed by atoms with Crippen LogP contribution in [0.5, 0.6) is 11.5 Å². The molecule has 0 unspecified atom stereocenters. The summed E-state index contributed by atoms with van der Waals surface area (Å²) < 4.78 is 11.6. The van der Waals surface area contributed by atoms with Crippen molar-refractivity contribution in [2.24, 2.45) is 5.10 Å². The average molecular weight is 306 g/mol. The number of nitrogens with zero attached hydrogens (tertiary/aromatic N) is 3. The predicted octanol–water partition coefficient (Wildman–Crippen LogP) is 1.51. The van der Waals surface area contributed by atoms with Gasteiger partial charge in [0.25, 0.3) is 5.56 Å². The molecular formula is C13H14N4O3S. The molecule has 110 valence electrons. The quantitative estimate of drug-likeness (QED) is 0.684. The van der Waals surface area contributed by atoms with E-state index in [1.807, 2.05) is 0 Å². The van der Waals surface area contributed by atoms with Gasteiger partial charge < -0.3 is 9.47 Å². The fourth-order valence-electron chi connectivity index (χ4n) is 1.64. The topological polar surface area (TPSA) is 81.5 Å². The van der Waals surface area contributed by atoms with E-state index in [-0.39, 0.29) is 16.0 Å². The van der Waals surface area contributed by atoms with Crippen LogP contribution in [-0.2, 0) is 0 Å². The number of nitrogens with one attached hydrogen (secondary N) is 1. The van der Waals surface area contributed by atoms with Crippen LogP contribution in [0.15, 0.2) is 28.1 Å². The molecule has 0 spiro atoms. The number of rotatable bonds is 4. The standard InChI is InChI=1S/C13H14N4O3S/c1-8-12(18)17(13(21)16-15-8)14-7-9-6-10(19-2)4-5-11(9)20-3/h4-7H,1-3H3,(H,16,21). The van der Waals surface area contributed by atoms with Crippen LogP contribution in [0.4, 0.5) is 0 Å². The van der Waals surface area contributed by atoms with Gasteiger partial charge >= 0.3 is 0 Å². The molecule has 1 aromatic heterocycles. The van der Waals surface area contributed by atoms with E-state index in [9.17, 15) is 4.79 Å². The molecule has 8 heteroatoms. The highest BCUT2D eigenvalue weighted by atomic mass is 32.1. The van der Waals surface area contributed by atoms with Crippen LogP contribution in [-0.4, -0.2) is 35.3 Å². The molecule has 0 fully saturated rings. The number of hydrogen-bond acceptors (Lipinski definition) is 6. The van der Waals surface area contributed by atoms with E-state index in [4.69, 9.17) is 21.7 Å². The van der Waals surface area contributed by atoms with Crippen molar-refractivity contribution in [1.82, 2.24) is 14.9 Å². The first-order chi connectivity index (χ1) is 10.1. The lowest BCUT2D eigenvalue weighted by Gasteiger charge is -2.06. The number of methoxy groups -OCH3 is 2. The van der Waals surface area contributed by atoms with Gasteiger partial charge in [-0.25, -0.2) is 0 Å². The van der Waals surface area contributed by atoms with Gasteiger partial charge in [-0.3, -0.25) is 9.89 Å². The number of hydrogen-bond donors (Lipinski definition) is 1. The van der Waals surface area contributed by atoms with Gasteiger partial charge in [0.1, 0.15) is 17.2 Å². The van der Waals surface area contributed by atoms with Gasteiger partial charge in [-0.15, -0.1) is 0 Å². The van der Waals surface area contributed by atoms with Crippen molar-refractivity contribution in [1.29, 1.82) is 0 Å². The van der Waals surface area contributed by atoms with Gasteiger partial charge in [-0.2, -0.15) is 14.9 Å². The zero-order valence-electron chi connectivity index (χ0n) is 11.8. The third-order valence-corrected chi connectivity index (χ3v) is 3.03. The van der Waals surface area contributed by atoms with Gasteiger partial charge in [0.05, 0.1) is 20.4 Å². The van der Waals surface area contributed by atoms with E-state index in [1.165, 1.54) is 6.21 Å². The molecule has 1 N–H and O–H groups in total. The van der Waals surface area contributed by atoms with E-state index in [0.717, 1.165) is 4.68 Å². The van der Waals surface area contributed by atoms with E-state index >= 15 is 0 Å². The smallest absolute Gasteiger partial charge is 0.296 e. The monoisotopic (exact) mass is 306 g/mol. The van der Waals surface area contributed by atoms with Crippen molar-refractivity contribution in [2.75, 3.05) is 14.2 Å². The highest BCUT2D eigenvalue weighted by Gasteiger charge is 2.04. The molecule has 7 nitrogen and oxygen atoms in total. The summed E-state index contributed by atoms with van der Waals surface area (Å²) in [6, 6.07) is 5.26. The third-order valence-electron chi connectivity index (χ3n) is 2.76. The lowest BCUT2D eigenvalue weighted by atomic mass is 10.2. The zero-order chi connectivity index (χ0) is 15.4. The van der Waals surface area contributed by atoms with E-state index < -0.39 is 0 Å². The molecule has 0 radical (unpaired) electrons. The van der Waals surface area contributed by atoms with Gasteiger partial charge in [0.2, 0.25) is 4.77 Å². The number of aromatic nitrogens is 3. The van der Waals surface area contributed by atoms with Gasteiger partial charge in [0, 0.05) is 5.56 Å². The summed E-state index contributed by atoms with van der Waals surface area (Å²) in [5.74, 6) is 1.26. The van der Waals surface area contributed by atoms with Gasteiger partial charge in [-0.1, -0.05) is 0 Å². The first-order valence-corrected chi connectivity index (χ1v) is 6.42. The fourth-order valence-corrected chi connectivity index (χ4v) is 1.81. The normalized spacial score (nSPS) is 10.8. The van der Waals surface area contributed by atoms with Crippen molar-refractivity contribution in [2.45, 2.75) is 6.92 Å². The van der Waals surface area contributed by atoms with Crippen LogP contribution in [0.25, 0.3) is 0 Å². The van der Waals surface area contributed by atoms with Crippen molar-refractivity contribution >= 4 is 18.4 Å². The van der Waals surface area contributed by atoms with Gasteiger partial charge in [-0.05, 0) is 37.3 Å². The lowest BCUT2D eigenvalue weighted by Crippen LogP contribution is -2.22. The second kappa shape index (κ2) is 6.31. The van der Waals surface area contributed by atoms with Gasteiger partial charge in [0.15, 0.2) is 0 Å². The Kier molecular flexibility index (Phi) is 4.49. The zero-order valence-corrected chi connectivity index (χ0v) is 12.6. The molecule has 0 aliphatic heterocycles. The van der Waals surface area contributed by atoms with Crippen molar-refractivity contribution in [3.8, 4) is 11.5 Å². The molecule has 2 rings (SSSR count). The number of aromatic amines is 1. The molecule has 2 aromatic rings. The molecule has 21 heavy (non-hydrogen) atoms. The minimum atomic E-state index is -0.378. The highest BCUT2D eigenvalue weighted by Crippen LogP contribution is 2.22. The van der Waals surface area contributed by atoms with Crippen LogP contribution in [0.1, 0.15) is 11.3 Å². The molecule has 0 saturated carbocycles. The summed E-state index contributed by atoms with van der Waals surface area (Å²) in [5.41, 5.74) is 0.558. The Bertz CT molecular complexity index is 795. The molecule has 0 aliphatic carbocycles. The third kappa shape index (κ3) is 3.16. The SMILES string of the molecule is COc1ccc(OC)c(C=Nn2c(=S)[nH]nc(C)c2=O)c1. The Labute approximate surface area is 125 Å². The Morgan fingerprint density at radius 3 is 2.81 bits per heavy atom. The van der Waals surface area contributed by atoms with Crippen LogP contribution >= 0.6 is 12.2 Å². The maximum atomic E-state index is 11.9. The summed E-state index contributed by atoms with van der Waals surface area (Å²) in [7, 11) is 3.12. The minimum absolute atomic E-state index is 0.115. The highest BCUT2D eigenvalue weighted by molar-refractivity contribution is 7.71. The van der Waals surface area contributed by atoms with Crippen LogP contribution in [0.2, 0.25) is 0 Å². The molecule has 1 aromatic carbocycles. The molecule has 0 atom stereocenters. The first-order valence-electron chi connectivity index (χ1n) is 6.01. The second-order valence-electron chi connectivity index (χ2n) is 4.08. The van der Waals surface area contributed by atoms with Crippen molar-refractivity contribution in [3.63, 3.8) is 0 Å². The summed E-state index contributed by atoms with van der Waals surface area (Å²) in [6.45, 7) is 1.58. The van der Waals surface area contributed by atoms with Crippen LogP contribution < -0.4 is 15.0 Å². The molecule has 0 saturated heterocycles. The second-order valence-corrected chi connectivity index (χ2v) is 4.47. The molecule has 0 amide bonds. The Morgan fingerprint density at radius 2 is 2.14 bits per heavy atom. The lowest BCUT2D eigenvalue weighted by molar-refractivity contribution is 0.402. The molecule has 1 heterocycles. The average Bonchev–Trinajstić information content (AvgIpc) is 2.50. The Hall–Kier alpha value is -2.48. The first kappa shape index (κ1) is 14.9. The minimum Gasteiger partial charge on any atom is -0.497 e. The number of H-pyrrole nitrogens is 1. The fraction of sp³-hybridized carbons (Fsp3) is 0.231. The molecule has 0 bridgehead atoms. The summed E-state index contributed by atoms with van der Waals surface area (Å²) in [4.78, 5) is 11.9. The predicted molar refractivity (Wildman–Crippen MR) is 81.0 cm³/mol. The van der Waals surface area contributed by atoms with E-state index in [2.05, 4.69) is 15.3 Å². The van der Waals surface area contributed by atoms with Crippen LogP contribution in [0.3, 0.4) is 0 Å². The summed E-state index contributed by atoms with van der Waals surface area (Å²) in [5, 5.41) is 10.4. The number of aryl methyl sites for hydroxylation is 1. The van der Waals surface area contributed by atoms with E-state index in [1.54, 1.807) is 39.3 Å². The Balaban J connectivity index is 2.49. The largest absolute Gasteiger partial charge is 0.497 e. The van der Waals surface area contributed by atoms with Crippen LogP contribution in [0, 0.1) is 11.7 Å². The number of benzene rings is 1.